The Morgan fingerprint density at radius 2 is 2.21 bits per heavy atom. The average molecular weight is 188 g/mol. The summed E-state index contributed by atoms with van der Waals surface area (Å²) >= 11 is 0. The first-order valence-corrected chi connectivity index (χ1v) is 5.49. The molecular formula is C12H16N2. The molecule has 0 aliphatic carbocycles. The van der Waals surface area contributed by atoms with E-state index in [4.69, 9.17) is 0 Å². The Hall–Kier alpha value is -1.02. The van der Waals surface area contributed by atoms with Crippen LogP contribution in [0.15, 0.2) is 18.2 Å². The normalized spacial score (nSPS) is 20.0. The molecular weight excluding hydrogens is 172 g/mol. The monoisotopic (exact) mass is 188 g/mol. The molecule has 1 saturated heterocycles. The van der Waals surface area contributed by atoms with E-state index in [0.717, 1.165) is 12.5 Å². The van der Waals surface area contributed by atoms with Crippen molar-refractivity contribution in [2.45, 2.75) is 12.8 Å². The van der Waals surface area contributed by atoms with Crippen LogP contribution in [0, 0.1) is 5.92 Å². The highest BCUT2D eigenvalue weighted by Crippen LogP contribution is 2.27. The number of fused-ring (bicyclic) bond motifs is 1. The van der Waals surface area contributed by atoms with E-state index in [2.05, 4.69) is 28.8 Å². The second-order valence-electron chi connectivity index (χ2n) is 4.35. The standard InChI is InChI=1S/C12H16N2/c1-2-10(6-9-7-13-8-9)11-4-5-14-12(11)3-1/h1-3,9,13-14H,4-8H2. The van der Waals surface area contributed by atoms with Gasteiger partial charge >= 0.3 is 0 Å². The molecule has 0 spiro atoms. The van der Waals surface area contributed by atoms with Gasteiger partial charge in [0.25, 0.3) is 0 Å². The summed E-state index contributed by atoms with van der Waals surface area (Å²) in [6, 6.07) is 6.67. The zero-order chi connectivity index (χ0) is 9.38. The minimum Gasteiger partial charge on any atom is -0.384 e. The third-order valence-corrected chi connectivity index (χ3v) is 3.34. The van der Waals surface area contributed by atoms with Crippen LogP contribution in [0.4, 0.5) is 5.69 Å². The Morgan fingerprint density at radius 1 is 1.29 bits per heavy atom. The predicted octanol–water partition coefficient (Wildman–Crippen LogP) is 1.42. The van der Waals surface area contributed by atoms with Crippen LogP contribution in [0.1, 0.15) is 11.1 Å². The largest absolute Gasteiger partial charge is 0.384 e. The van der Waals surface area contributed by atoms with Crippen LogP contribution < -0.4 is 10.6 Å². The lowest BCUT2D eigenvalue weighted by atomic mass is 9.91. The number of nitrogens with one attached hydrogen (secondary N) is 2. The Balaban J connectivity index is 1.85. The number of rotatable bonds is 2. The van der Waals surface area contributed by atoms with Crippen molar-refractivity contribution in [2.24, 2.45) is 5.92 Å². The fourth-order valence-corrected chi connectivity index (χ4v) is 2.41. The lowest BCUT2D eigenvalue weighted by molar-refractivity contribution is 0.346. The first-order valence-electron chi connectivity index (χ1n) is 5.49. The summed E-state index contributed by atoms with van der Waals surface area (Å²) in [5.41, 5.74) is 4.51. The van der Waals surface area contributed by atoms with Crippen LogP contribution in [0.25, 0.3) is 0 Å². The fourth-order valence-electron chi connectivity index (χ4n) is 2.41. The van der Waals surface area contributed by atoms with Crippen molar-refractivity contribution in [3.8, 4) is 0 Å². The molecule has 14 heavy (non-hydrogen) atoms. The Labute approximate surface area is 84.7 Å². The highest BCUT2D eigenvalue weighted by Gasteiger charge is 2.20. The van der Waals surface area contributed by atoms with Crippen LogP contribution in [-0.4, -0.2) is 19.6 Å². The molecule has 2 nitrogen and oxygen atoms in total. The molecule has 0 amide bonds. The van der Waals surface area contributed by atoms with Gasteiger partial charge in [0, 0.05) is 12.2 Å². The molecule has 2 aliphatic rings. The summed E-state index contributed by atoms with van der Waals surface area (Å²) in [5, 5.41) is 6.77. The van der Waals surface area contributed by atoms with Crippen molar-refractivity contribution in [3.05, 3.63) is 29.3 Å². The molecule has 1 fully saturated rings. The van der Waals surface area contributed by atoms with Crippen LogP contribution in [0.3, 0.4) is 0 Å². The number of hydrogen-bond donors (Lipinski definition) is 2. The van der Waals surface area contributed by atoms with E-state index in [1.807, 2.05) is 0 Å². The molecule has 2 heterocycles. The Bertz CT molecular complexity index is 342. The molecule has 0 aromatic heterocycles. The highest BCUT2D eigenvalue weighted by atomic mass is 14.9. The first-order chi connectivity index (χ1) is 6.93. The van der Waals surface area contributed by atoms with Crippen molar-refractivity contribution in [1.82, 2.24) is 5.32 Å². The molecule has 2 heteroatoms. The van der Waals surface area contributed by atoms with Gasteiger partial charge in [0.05, 0.1) is 0 Å². The summed E-state index contributed by atoms with van der Waals surface area (Å²) in [6.45, 7) is 3.53. The maximum absolute atomic E-state index is 3.43. The average Bonchev–Trinajstić information content (AvgIpc) is 2.59. The van der Waals surface area contributed by atoms with E-state index in [1.54, 1.807) is 11.1 Å². The van der Waals surface area contributed by atoms with Gasteiger partial charge in [0.15, 0.2) is 0 Å². The smallest absolute Gasteiger partial charge is 0.0376 e. The van der Waals surface area contributed by atoms with Gasteiger partial charge in [-0.1, -0.05) is 12.1 Å². The summed E-state index contributed by atoms with van der Waals surface area (Å²) in [5.74, 6) is 0.877. The third-order valence-electron chi connectivity index (χ3n) is 3.34. The van der Waals surface area contributed by atoms with Gasteiger partial charge in [-0.05, 0) is 49.0 Å². The molecule has 0 atom stereocenters. The fraction of sp³-hybridized carbons (Fsp3) is 0.500. The van der Waals surface area contributed by atoms with Crippen LogP contribution in [0.5, 0.6) is 0 Å². The molecule has 3 rings (SSSR count). The minimum atomic E-state index is 0.877. The zero-order valence-electron chi connectivity index (χ0n) is 8.34. The van der Waals surface area contributed by atoms with Gasteiger partial charge in [0.2, 0.25) is 0 Å². The first kappa shape index (κ1) is 8.30. The third kappa shape index (κ3) is 1.30. The number of hydrogen-bond acceptors (Lipinski definition) is 2. The van der Waals surface area contributed by atoms with Crippen molar-refractivity contribution in [2.75, 3.05) is 25.0 Å². The second-order valence-corrected chi connectivity index (χ2v) is 4.35. The lowest BCUT2D eigenvalue weighted by Gasteiger charge is -2.27. The Kier molecular flexibility index (Phi) is 1.95. The molecule has 74 valence electrons. The van der Waals surface area contributed by atoms with Crippen LogP contribution >= 0.6 is 0 Å². The van der Waals surface area contributed by atoms with Gasteiger partial charge < -0.3 is 10.6 Å². The van der Waals surface area contributed by atoms with E-state index in [0.29, 0.717) is 0 Å². The van der Waals surface area contributed by atoms with E-state index in [9.17, 15) is 0 Å². The summed E-state index contributed by atoms with van der Waals surface area (Å²) in [4.78, 5) is 0. The molecule has 0 saturated carbocycles. The van der Waals surface area contributed by atoms with Crippen LogP contribution in [-0.2, 0) is 12.8 Å². The molecule has 1 aromatic carbocycles. The number of anilines is 1. The summed E-state index contributed by atoms with van der Waals surface area (Å²) in [6.07, 6.45) is 2.48. The van der Waals surface area contributed by atoms with Crippen molar-refractivity contribution in [1.29, 1.82) is 0 Å². The summed E-state index contributed by atoms with van der Waals surface area (Å²) in [7, 11) is 0. The van der Waals surface area contributed by atoms with Gasteiger partial charge in [-0.15, -0.1) is 0 Å². The van der Waals surface area contributed by atoms with E-state index < -0.39 is 0 Å². The maximum Gasteiger partial charge on any atom is 0.0376 e. The molecule has 0 bridgehead atoms. The highest BCUT2D eigenvalue weighted by molar-refractivity contribution is 5.58. The summed E-state index contributed by atoms with van der Waals surface area (Å²) < 4.78 is 0. The molecule has 2 aliphatic heterocycles. The Morgan fingerprint density at radius 3 is 3.00 bits per heavy atom. The van der Waals surface area contributed by atoms with Gasteiger partial charge in [-0.25, -0.2) is 0 Å². The zero-order valence-corrected chi connectivity index (χ0v) is 8.34. The van der Waals surface area contributed by atoms with Gasteiger partial charge in [-0.2, -0.15) is 0 Å². The van der Waals surface area contributed by atoms with Gasteiger partial charge in [-0.3, -0.25) is 0 Å². The van der Waals surface area contributed by atoms with Crippen LogP contribution in [0.2, 0.25) is 0 Å². The quantitative estimate of drug-likeness (QED) is 0.733. The SMILES string of the molecule is c1cc(CC2CNC2)c2c(c1)NCC2. The lowest BCUT2D eigenvalue weighted by Crippen LogP contribution is -2.43. The molecule has 2 N–H and O–H groups in total. The van der Waals surface area contributed by atoms with E-state index >= 15 is 0 Å². The minimum absolute atomic E-state index is 0.877. The van der Waals surface area contributed by atoms with Crippen molar-refractivity contribution < 1.29 is 0 Å². The molecule has 1 aromatic rings. The van der Waals surface area contributed by atoms with E-state index in [-0.39, 0.29) is 0 Å². The second kappa shape index (κ2) is 3.28. The molecule has 0 radical (unpaired) electrons. The maximum atomic E-state index is 3.43. The van der Waals surface area contributed by atoms with Crippen molar-refractivity contribution in [3.63, 3.8) is 0 Å². The van der Waals surface area contributed by atoms with Gasteiger partial charge in [0.1, 0.15) is 0 Å². The van der Waals surface area contributed by atoms with Crippen molar-refractivity contribution >= 4 is 5.69 Å². The number of benzene rings is 1. The van der Waals surface area contributed by atoms with E-state index in [1.165, 1.54) is 31.6 Å². The predicted molar refractivity (Wildman–Crippen MR) is 58.7 cm³/mol. The molecule has 0 unspecified atom stereocenters. The topological polar surface area (TPSA) is 24.1 Å².